The van der Waals surface area contributed by atoms with Gasteiger partial charge in [-0.15, -0.1) is 0 Å². The smallest absolute Gasteiger partial charge is 0.356 e. The van der Waals surface area contributed by atoms with Crippen molar-refractivity contribution in [2.75, 3.05) is 25.2 Å². The summed E-state index contributed by atoms with van der Waals surface area (Å²) in [5.41, 5.74) is 1.31. The Balaban J connectivity index is 2.30. The summed E-state index contributed by atoms with van der Waals surface area (Å²) >= 11 is 1.87. The van der Waals surface area contributed by atoms with Gasteiger partial charge in [0, 0.05) is 12.1 Å². The molecule has 1 aromatic heterocycles. The molecule has 0 saturated heterocycles. The standard InChI is InChI=1S/C12H21N3O2S/c1-3-17-12(16)11-10(9-14-15-11)8-13-6-4-5-7-18-2/h9,13H,3-8H2,1-2H3,(H,14,15). The number of hydrogen-bond acceptors (Lipinski definition) is 5. The molecule has 0 fully saturated rings. The summed E-state index contributed by atoms with van der Waals surface area (Å²) in [6.07, 6.45) is 6.14. The fourth-order valence-electron chi connectivity index (χ4n) is 1.54. The van der Waals surface area contributed by atoms with Crippen LogP contribution in [0.4, 0.5) is 0 Å². The van der Waals surface area contributed by atoms with Crippen molar-refractivity contribution in [2.45, 2.75) is 26.3 Å². The second kappa shape index (κ2) is 8.99. The molecule has 0 amide bonds. The summed E-state index contributed by atoms with van der Waals surface area (Å²) in [7, 11) is 0. The molecule has 0 aliphatic heterocycles. The van der Waals surface area contributed by atoms with Gasteiger partial charge in [-0.3, -0.25) is 5.10 Å². The van der Waals surface area contributed by atoms with Gasteiger partial charge in [0.25, 0.3) is 0 Å². The Morgan fingerprint density at radius 3 is 3.11 bits per heavy atom. The molecule has 0 unspecified atom stereocenters. The minimum Gasteiger partial charge on any atom is -0.461 e. The van der Waals surface area contributed by atoms with E-state index >= 15 is 0 Å². The van der Waals surface area contributed by atoms with Crippen LogP contribution in [0, 0.1) is 0 Å². The van der Waals surface area contributed by atoms with E-state index in [0.29, 0.717) is 18.8 Å². The van der Waals surface area contributed by atoms with Gasteiger partial charge < -0.3 is 10.1 Å². The highest BCUT2D eigenvalue weighted by atomic mass is 32.2. The van der Waals surface area contributed by atoms with Gasteiger partial charge in [0.05, 0.1) is 12.8 Å². The number of rotatable bonds is 9. The van der Waals surface area contributed by atoms with Crippen LogP contribution in [0.3, 0.4) is 0 Å². The number of esters is 1. The van der Waals surface area contributed by atoms with Crippen molar-refractivity contribution >= 4 is 17.7 Å². The highest BCUT2D eigenvalue weighted by Gasteiger charge is 2.13. The number of aromatic nitrogens is 2. The van der Waals surface area contributed by atoms with Crippen LogP contribution >= 0.6 is 11.8 Å². The van der Waals surface area contributed by atoms with Crippen molar-refractivity contribution in [3.63, 3.8) is 0 Å². The Bertz CT molecular complexity index is 355. The van der Waals surface area contributed by atoms with Gasteiger partial charge >= 0.3 is 5.97 Å². The van der Waals surface area contributed by atoms with E-state index in [1.807, 2.05) is 11.8 Å². The number of thioether (sulfide) groups is 1. The summed E-state index contributed by atoms with van der Waals surface area (Å²) in [5, 5.41) is 9.88. The van der Waals surface area contributed by atoms with Crippen molar-refractivity contribution < 1.29 is 9.53 Å². The summed E-state index contributed by atoms with van der Waals surface area (Å²) < 4.78 is 4.95. The van der Waals surface area contributed by atoms with Crippen LogP contribution in [0.15, 0.2) is 6.20 Å². The molecule has 0 aromatic carbocycles. The molecule has 1 rings (SSSR count). The number of hydrogen-bond donors (Lipinski definition) is 2. The molecule has 2 N–H and O–H groups in total. The number of ether oxygens (including phenoxy) is 1. The number of H-pyrrole nitrogens is 1. The predicted molar refractivity (Wildman–Crippen MR) is 73.9 cm³/mol. The van der Waals surface area contributed by atoms with Crippen LogP contribution in [0.5, 0.6) is 0 Å². The van der Waals surface area contributed by atoms with Crippen LogP contribution in [0.2, 0.25) is 0 Å². The summed E-state index contributed by atoms with van der Waals surface area (Å²) in [6.45, 7) is 3.76. The molecular weight excluding hydrogens is 250 g/mol. The maximum atomic E-state index is 11.6. The lowest BCUT2D eigenvalue weighted by Gasteiger charge is -2.05. The number of aromatic amines is 1. The molecule has 102 valence electrons. The third-order valence-electron chi connectivity index (χ3n) is 2.46. The average molecular weight is 271 g/mol. The fourth-order valence-corrected chi connectivity index (χ4v) is 2.04. The number of carbonyl (C=O) groups excluding carboxylic acids is 1. The number of nitrogens with zero attached hydrogens (tertiary/aromatic N) is 1. The number of carbonyl (C=O) groups is 1. The van der Waals surface area contributed by atoms with E-state index in [0.717, 1.165) is 18.5 Å². The largest absolute Gasteiger partial charge is 0.461 e. The summed E-state index contributed by atoms with van der Waals surface area (Å²) in [5.74, 6) is 0.857. The van der Waals surface area contributed by atoms with Crippen LogP contribution in [0.25, 0.3) is 0 Å². The van der Waals surface area contributed by atoms with Crippen molar-refractivity contribution in [1.29, 1.82) is 0 Å². The van der Waals surface area contributed by atoms with E-state index < -0.39 is 0 Å². The molecule has 5 nitrogen and oxygen atoms in total. The fraction of sp³-hybridized carbons (Fsp3) is 0.667. The van der Waals surface area contributed by atoms with Crippen LogP contribution < -0.4 is 5.32 Å². The lowest BCUT2D eigenvalue weighted by molar-refractivity contribution is 0.0518. The first-order chi connectivity index (χ1) is 8.79. The average Bonchev–Trinajstić information content (AvgIpc) is 2.82. The Morgan fingerprint density at radius 1 is 1.56 bits per heavy atom. The van der Waals surface area contributed by atoms with Crippen molar-refractivity contribution in [3.8, 4) is 0 Å². The van der Waals surface area contributed by atoms with Crippen LogP contribution in [-0.4, -0.2) is 41.3 Å². The zero-order valence-corrected chi connectivity index (χ0v) is 11.8. The van der Waals surface area contributed by atoms with Crippen LogP contribution in [0.1, 0.15) is 35.8 Å². The second-order valence-corrected chi connectivity index (χ2v) is 4.85. The Hall–Kier alpha value is -1.01. The molecule has 0 aliphatic carbocycles. The van der Waals surface area contributed by atoms with Crippen LogP contribution in [-0.2, 0) is 11.3 Å². The first-order valence-corrected chi connectivity index (χ1v) is 7.58. The Morgan fingerprint density at radius 2 is 2.39 bits per heavy atom. The lowest BCUT2D eigenvalue weighted by Crippen LogP contribution is -2.17. The minimum absolute atomic E-state index is 0.339. The Kier molecular flexibility index (Phi) is 7.52. The molecule has 0 spiro atoms. The molecule has 0 radical (unpaired) electrons. The highest BCUT2D eigenvalue weighted by Crippen LogP contribution is 2.06. The van der Waals surface area contributed by atoms with Gasteiger partial charge in [0.2, 0.25) is 0 Å². The molecule has 1 heterocycles. The van der Waals surface area contributed by atoms with Crippen molar-refractivity contribution in [2.24, 2.45) is 0 Å². The number of nitrogens with one attached hydrogen (secondary N) is 2. The van der Waals surface area contributed by atoms with Crippen molar-refractivity contribution in [3.05, 3.63) is 17.5 Å². The van der Waals surface area contributed by atoms with Gasteiger partial charge in [0.15, 0.2) is 0 Å². The number of unbranched alkanes of at least 4 members (excludes halogenated alkanes) is 1. The zero-order valence-electron chi connectivity index (χ0n) is 11.0. The van der Waals surface area contributed by atoms with Gasteiger partial charge in [-0.2, -0.15) is 16.9 Å². The Labute approximate surface area is 112 Å². The van der Waals surface area contributed by atoms with Gasteiger partial charge in [-0.05, 0) is 38.3 Å². The third kappa shape index (κ3) is 5.10. The maximum Gasteiger partial charge on any atom is 0.356 e. The predicted octanol–water partition coefficient (Wildman–Crippen LogP) is 1.82. The topological polar surface area (TPSA) is 67.0 Å². The zero-order chi connectivity index (χ0) is 13.2. The van der Waals surface area contributed by atoms with Gasteiger partial charge in [-0.1, -0.05) is 0 Å². The SMILES string of the molecule is CCOC(=O)c1[nH]ncc1CNCCCCSC. The van der Waals surface area contributed by atoms with E-state index in [1.54, 1.807) is 13.1 Å². The first-order valence-electron chi connectivity index (χ1n) is 6.18. The van der Waals surface area contributed by atoms with E-state index in [2.05, 4.69) is 21.8 Å². The molecule has 1 aromatic rings. The highest BCUT2D eigenvalue weighted by molar-refractivity contribution is 7.98. The molecule has 0 atom stereocenters. The summed E-state index contributed by atoms with van der Waals surface area (Å²) in [4.78, 5) is 11.6. The van der Waals surface area contributed by atoms with E-state index in [4.69, 9.17) is 4.74 Å². The third-order valence-corrected chi connectivity index (χ3v) is 3.16. The monoisotopic (exact) mass is 271 g/mol. The molecule has 18 heavy (non-hydrogen) atoms. The molecule has 6 heteroatoms. The summed E-state index contributed by atoms with van der Waals surface area (Å²) in [6, 6.07) is 0. The molecule has 0 saturated carbocycles. The normalized spacial score (nSPS) is 10.6. The lowest BCUT2D eigenvalue weighted by atomic mass is 10.2. The molecule has 0 bridgehead atoms. The first kappa shape index (κ1) is 15.0. The van der Waals surface area contributed by atoms with E-state index in [-0.39, 0.29) is 5.97 Å². The second-order valence-electron chi connectivity index (χ2n) is 3.87. The van der Waals surface area contributed by atoms with Gasteiger partial charge in [-0.25, -0.2) is 4.79 Å². The quantitative estimate of drug-likeness (QED) is 0.530. The molecule has 0 aliphatic rings. The van der Waals surface area contributed by atoms with Gasteiger partial charge in [0.1, 0.15) is 5.69 Å². The molecular formula is C12H21N3O2S. The maximum absolute atomic E-state index is 11.6. The van der Waals surface area contributed by atoms with E-state index in [9.17, 15) is 4.79 Å². The minimum atomic E-state index is -0.339. The van der Waals surface area contributed by atoms with Crippen molar-refractivity contribution in [1.82, 2.24) is 15.5 Å². The van der Waals surface area contributed by atoms with E-state index in [1.165, 1.54) is 12.2 Å².